The van der Waals surface area contributed by atoms with Gasteiger partial charge in [-0.25, -0.2) is 4.98 Å². The minimum absolute atomic E-state index is 0.0840. The fraction of sp³-hybridized carbons (Fsp3) is 0.545. The second-order valence-corrected chi connectivity index (χ2v) is 4.07. The fourth-order valence-electron chi connectivity index (χ4n) is 1.95. The van der Waals surface area contributed by atoms with Crippen molar-refractivity contribution in [3.05, 3.63) is 18.2 Å². The molecular formula is C11H14N4O. The minimum atomic E-state index is -0.131. The van der Waals surface area contributed by atoms with Gasteiger partial charge in [0.2, 0.25) is 5.91 Å². The molecule has 0 bridgehead atoms. The quantitative estimate of drug-likeness (QED) is 0.734. The standard InChI is InChI=1S/C11H14N4O/c1-14-5-3-13-10(14)2-4-15-8-9(7-12)6-11(15)16/h3,5,9H,2,4,6,8H2,1H3. The van der Waals surface area contributed by atoms with Crippen LogP contribution in [0.15, 0.2) is 12.4 Å². The summed E-state index contributed by atoms with van der Waals surface area (Å²) in [6.07, 6.45) is 4.75. The van der Waals surface area contributed by atoms with Crippen LogP contribution in [-0.4, -0.2) is 33.4 Å². The first kappa shape index (κ1) is 10.7. The first-order valence-electron chi connectivity index (χ1n) is 5.34. The lowest BCUT2D eigenvalue weighted by Gasteiger charge is -2.14. The van der Waals surface area contributed by atoms with E-state index in [0.717, 1.165) is 12.2 Å². The van der Waals surface area contributed by atoms with Crippen LogP contribution in [0.2, 0.25) is 0 Å². The average molecular weight is 218 g/mol. The maximum Gasteiger partial charge on any atom is 0.224 e. The zero-order chi connectivity index (χ0) is 11.5. The number of nitriles is 1. The lowest BCUT2D eigenvalue weighted by molar-refractivity contribution is -0.127. The Morgan fingerprint density at radius 3 is 3.06 bits per heavy atom. The molecule has 1 unspecified atom stereocenters. The van der Waals surface area contributed by atoms with Crippen LogP contribution < -0.4 is 0 Å². The summed E-state index contributed by atoms with van der Waals surface area (Å²) in [5, 5.41) is 8.75. The zero-order valence-electron chi connectivity index (χ0n) is 9.26. The van der Waals surface area contributed by atoms with Crippen LogP contribution in [0.5, 0.6) is 0 Å². The highest BCUT2D eigenvalue weighted by molar-refractivity contribution is 5.79. The molecule has 0 aliphatic carbocycles. The second-order valence-electron chi connectivity index (χ2n) is 4.07. The molecule has 1 atom stereocenters. The SMILES string of the molecule is Cn1ccnc1CCN1CC(C#N)CC1=O. The molecule has 1 amide bonds. The van der Waals surface area contributed by atoms with Gasteiger partial charge < -0.3 is 9.47 Å². The molecule has 2 heterocycles. The Morgan fingerprint density at radius 1 is 1.69 bits per heavy atom. The zero-order valence-corrected chi connectivity index (χ0v) is 9.26. The number of carbonyl (C=O) groups excluding carboxylic acids is 1. The molecule has 0 radical (unpaired) electrons. The van der Waals surface area contributed by atoms with Gasteiger partial charge >= 0.3 is 0 Å². The van der Waals surface area contributed by atoms with E-state index < -0.39 is 0 Å². The Balaban J connectivity index is 1.90. The molecule has 0 saturated carbocycles. The van der Waals surface area contributed by atoms with Gasteiger partial charge in [-0.3, -0.25) is 4.79 Å². The molecule has 0 aromatic carbocycles. The van der Waals surface area contributed by atoms with E-state index in [0.29, 0.717) is 19.5 Å². The maximum atomic E-state index is 11.5. The number of hydrogen-bond donors (Lipinski definition) is 0. The lowest BCUT2D eigenvalue weighted by Crippen LogP contribution is -2.28. The summed E-state index contributed by atoms with van der Waals surface area (Å²) >= 11 is 0. The van der Waals surface area contributed by atoms with Gasteiger partial charge in [0, 0.05) is 45.4 Å². The van der Waals surface area contributed by atoms with Crippen molar-refractivity contribution in [3.8, 4) is 6.07 Å². The van der Waals surface area contributed by atoms with Crippen LogP contribution in [0, 0.1) is 17.2 Å². The van der Waals surface area contributed by atoms with Gasteiger partial charge in [-0.1, -0.05) is 0 Å². The highest BCUT2D eigenvalue weighted by atomic mass is 16.2. The summed E-state index contributed by atoms with van der Waals surface area (Å²) in [6, 6.07) is 2.15. The predicted molar refractivity (Wildman–Crippen MR) is 57.2 cm³/mol. The Labute approximate surface area is 94.3 Å². The van der Waals surface area contributed by atoms with Crippen molar-refractivity contribution in [1.29, 1.82) is 5.26 Å². The maximum absolute atomic E-state index is 11.5. The van der Waals surface area contributed by atoms with Crippen molar-refractivity contribution >= 4 is 5.91 Å². The van der Waals surface area contributed by atoms with E-state index in [-0.39, 0.29) is 11.8 Å². The molecule has 1 aromatic rings. The number of nitrogens with zero attached hydrogens (tertiary/aromatic N) is 4. The van der Waals surface area contributed by atoms with Crippen molar-refractivity contribution < 1.29 is 4.79 Å². The molecule has 1 fully saturated rings. The van der Waals surface area contributed by atoms with Crippen molar-refractivity contribution in [2.75, 3.05) is 13.1 Å². The topological polar surface area (TPSA) is 61.9 Å². The van der Waals surface area contributed by atoms with Gasteiger partial charge in [-0.15, -0.1) is 0 Å². The predicted octanol–water partition coefficient (Wildman–Crippen LogP) is 0.335. The van der Waals surface area contributed by atoms with Gasteiger partial charge in [-0.05, 0) is 0 Å². The Morgan fingerprint density at radius 2 is 2.50 bits per heavy atom. The number of carbonyl (C=O) groups is 1. The van der Waals surface area contributed by atoms with E-state index in [9.17, 15) is 4.79 Å². The van der Waals surface area contributed by atoms with Gasteiger partial charge in [0.1, 0.15) is 5.82 Å². The summed E-state index contributed by atoms with van der Waals surface area (Å²) < 4.78 is 1.95. The first-order valence-corrected chi connectivity index (χ1v) is 5.34. The van der Waals surface area contributed by atoms with Crippen LogP contribution >= 0.6 is 0 Å². The second kappa shape index (κ2) is 4.35. The van der Waals surface area contributed by atoms with Crippen molar-refractivity contribution in [2.24, 2.45) is 13.0 Å². The minimum Gasteiger partial charge on any atom is -0.341 e. The van der Waals surface area contributed by atoms with Crippen LogP contribution in [-0.2, 0) is 18.3 Å². The normalized spacial score (nSPS) is 20.1. The number of rotatable bonds is 3. The third kappa shape index (κ3) is 2.06. The number of aryl methyl sites for hydroxylation is 1. The molecule has 2 rings (SSSR count). The molecule has 1 saturated heterocycles. The van der Waals surface area contributed by atoms with Gasteiger partial charge in [0.15, 0.2) is 0 Å². The Hall–Kier alpha value is -1.83. The molecule has 0 spiro atoms. The van der Waals surface area contributed by atoms with Gasteiger partial charge in [-0.2, -0.15) is 5.26 Å². The van der Waals surface area contributed by atoms with E-state index in [1.807, 2.05) is 17.8 Å². The monoisotopic (exact) mass is 218 g/mol. The van der Waals surface area contributed by atoms with Crippen LogP contribution in [0.4, 0.5) is 0 Å². The smallest absolute Gasteiger partial charge is 0.224 e. The van der Waals surface area contributed by atoms with Crippen LogP contribution in [0.3, 0.4) is 0 Å². The van der Waals surface area contributed by atoms with Crippen molar-refractivity contribution in [3.63, 3.8) is 0 Å². The summed E-state index contributed by atoms with van der Waals surface area (Å²) in [6.45, 7) is 1.22. The number of imidazole rings is 1. The summed E-state index contributed by atoms with van der Waals surface area (Å²) in [4.78, 5) is 17.5. The average Bonchev–Trinajstić information content (AvgIpc) is 2.82. The molecule has 1 aromatic heterocycles. The summed E-state index contributed by atoms with van der Waals surface area (Å²) in [5.41, 5.74) is 0. The largest absolute Gasteiger partial charge is 0.341 e. The number of likely N-dealkylation sites (tertiary alicyclic amines) is 1. The molecule has 5 heteroatoms. The van der Waals surface area contributed by atoms with Crippen LogP contribution in [0.25, 0.3) is 0 Å². The van der Waals surface area contributed by atoms with E-state index >= 15 is 0 Å². The fourth-order valence-corrected chi connectivity index (χ4v) is 1.95. The highest BCUT2D eigenvalue weighted by Gasteiger charge is 2.29. The lowest BCUT2D eigenvalue weighted by atomic mass is 10.1. The third-order valence-corrected chi connectivity index (χ3v) is 2.92. The third-order valence-electron chi connectivity index (χ3n) is 2.92. The van der Waals surface area contributed by atoms with E-state index in [1.165, 1.54) is 0 Å². The molecule has 16 heavy (non-hydrogen) atoms. The van der Waals surface area contributed by atoms with Crippen molar-refractivity contribution in [1.82, 2.24) is 14.5 Å². The Bertz CT molecular complexity index is 431. The van der Waals surface area contributed by atoms with E-state index in [2.05, 4.69) is 11.1 Å². The van der Waals surface area contributed by atoms with E-state index in [1.54, 1.807) is 11.1 Å². The van der Waals surface area contributed by atoms with Gasteiger partial charge in [0.25, 0.3) is 0 Å². The summed E-state index contributed by atoms with van der Waals surface area (Å²) in [7, 11) is 1.94. The Kier molecular flexibility index (Phi) is 2.91. The molecule has 1 aliphatic rings. The van der Waals surface area contributed by atoms with Crippen LogP contribution in [0.1, 0.15) is 12.2 Å². The molecule has 1 aliphatic heterocycles. The molecule has 5 nitrogen and oxygen atoms in total. The molecule has 84 valence electrons. The highest BCUT2D eigenvalue weighted by Crippen LogP contribution is 2.16. The number of hydrogen-bond acceptors (Lipinski definition) is 3. The van der Waals surface area contributed by atoms with Crippen molar-refractivity contribution in [2.45, 2.75) is 12.8 Å². The molecule has 0 N–H and O–H groups in total. The van der Waals surface area contributed by atoms with E-state index in [4.69, 9.17) is 5.26 Å². The van der Waals surface area contributed by atoms with Gasteiger partial charge in [0.05, 0.1) is 12.0 Å². The first-order chi connectivity index (χ1) is 7.70. The molecular weight excluding hydrogens is 204 g/mol. The number of aromatic nitrogens is 2. The summed E-state index contributed by atoms with van der Waals surface area (Å²) in [5.74, 6) is 0.919. The number of amides is 1.